The minimum Gasteiger partial charge on any atom is -0.449 e. The van der Waals surface area contributed by atoms with E-state index in [1.165, 1.54) is 16.7 Å². The van der Waals surface area contributed by atoms with Crippen LogP contribution in [0.15, 0.2) is 164 Å². The van der Waals surface area contributed by atoms with Gasteiger partial charge in [-0.25, -0.2) is 9.97 Å². The second-order valence-corrected chi connectivity index (χ2v) is 14.1. The number of benzene rings is 6. The highest BCUT2D eigenvalue weighted by Gasteiger charge is 2.39. The van der Waals surface area contributed by atoms with E-state index in [0.29, 0.717) is 17.3 Å². The van der Waals surface area contributed by atoms with Gasteiger partial charge < -0.3 is 9.47 Å². The summed E-state index contributed by atoms with van der Waals surface area (Å²) in [6.45, 7) is 4.54. The summed E-state index contributed by atoms with van der Waals surface area (Å²) in [6, 6.07) is 54.0. The lowest BCUT2D eigenvalue weighted by atomic mass is 9.82. The van der Waals surface area contributed by atoms with Crippen molar-refractivity contribution in [3.05, 3.63) is 175 Å². The maximum Gasteiger partial charge on any atom is 0.178 e. The molecule has 0 radical (unpaired) electrons. The lowest BCUT2D eigenvalue weighted by Gasteiger charge is -2.25. The van der Waals surface area contributed by atoms with Crippen molar-refractivity contribution in [3.63, 3.8) is 0 Å². The number of aromatic nitrogens is 3. The molecule has 252 valence electrons. The van der Waals surface area contributed by atoms with Crippen molar-refractivity contribution < 1.29 is 9.47 Å². The standard InChI is InChI=1S/C48H33N3O2/c1-48(2)37-16-7-6-15-36(37)45-38(48)23-25-43-46(45)53-42-24-22-33(28-44(42)52-43)30-18-20-31(21-19-30)40-29-41(51-47(50-40)32-11-4-3-5-12-32)35-14-10-13-34(27-35)39-17-8-9-26-49-39/h3-29H,1-2H3. The Labute approximate surface area is 308 Å². The topological polar surface area (TPSA) is 57.1 Å². The number of rotatable bonds is 5. The van der Waals surface area contributed by atoms with Gasteiger partial charge in [-0.3, -0.25) is 4.98 Å². The van der Waals surface area contributed by atoms with Crippen LogP contribution in [-0.2, 0) is 5.41 Å². The first-order valence-electron chi connectivity index (χ1n) is 17.8. The van der Waals surface area contributed by atoms with Gasteiger partial charge in [0.25, 0.3) is 0 Å². The average molecular weight is 684 g/mol. The Morgan fingerprint density at radius 1 is 0.434 bits per heavy atom. The highest BCUT2D eigenvalue weighted by atomic mass is 16.6. The second kappa shape index (κ2) is 12.1. The third kappa shape index (κ3) is 5.28. The van der Waals surface area contributed by atoms with Gasteiger partial charge >= 0.3 is 0 Å². The van der Waals surface area contributed by atoms with E-state index in [4.69, 9.17) is 19.4 Å². The number of hydrogen-bond acceptors (Lipinski definition) is 5. The van der Waals surface area contributed by atoms with Crippen LogP contribution in [0.2, 0.25) is 0 Å². The zero-order valence-electron chi connectivity index (χ0n) is 29.2. The molecule has 5 nitrogen and oxygen atoms in total. The molecule has 3 heterocycles. The van der Waals surface area contributed by atoms with Crippen LogP contribution in [0.4, 0.5) is 0 Å². The third-order valence-electron chi connectivity index (χ3n) is 10.4. The molecular formula is C48H33N3O2. The minimum atomic E-state index is -0.109. The fraction of sp³-hybridized carbons (Fsp3) is 0.0625. The van der Waals surface area contributed by atoms with Gasteiger partial charge in [0.2, 0.25) is 0 Å². The average Bonchev–Trinajstić information content (AvgIpc) is 3.46. The van der Waals surface area contributed by atoms with Crippen molar-refractivity contribution in [2.75, 3.05) is 0 Å². The van der Waals surface area contributed by atoms with Crippen LogP contribution in [0.1, 0.15) is 25.0 Å². The van der Waals surface area contributed by atoms with E-state index < -0.39 is 0 Å². The summed E-state index contributed by atoms with van der Waals surface area (Å²) < 4.78 is 13.2. The number of ether oxygens (including phenoxy) is 2. The molecule has 0 spiro atoms. The van der Waals surface area contributed by atoms with E-state index in [9.17, 15) is 0 Å². The molecule has 53 heavy (non-hydrogen) atoms. The molecule has 0 saturated heterocycles. The Morgan fingerprint density at radius 2 is 1.11 bits per heavy atom. The number of pyridine rings is 1. The summed E-state index contributed by atoms with van der Waals surface area (Å²) in [7, 11) is 0. The van der Waals surface area contributed by atoms with Gasteiger partial charge in [0, 0.05) is 39.4 Å². The van der Waals surface area contributed by atoms with Gasteiger partial charge in [-0.05, 0) is 70.3 Å². The molecule has 0 amide bonds. The van der Waals surface area contributed by atoms with E-state index in [2.05, 4.69) is 116 Å². The van der Waals surface area contributed by atoms with Crippen LogP contribution in [0.25, 0.3) is 67.4 Å². The van der Waals surface area contributed by atoms with Crippen molar-refractivity contribution in [1.82, 2.24) is 15.0 Å². The lowest BCUT2D eigenvalue weighted by Crippen LogP contribution is -2.15. The van der Waals surface area contributed by atoms with Gasteiger partial charge in [-0.15, -0.1) is 0 Å². The van der Waals surface area contributed by atoms with Crippen LogP contribution in [0, 0.1) is 0 Å². The van der Waals surface area contributed by atoms with Crippen LogP contribution < -0.4 is 9.47 Å². The molecule has 0 atom stereocenters. The summed E-state index contributed by atoms with van der Waals surface area (Å²) in [5.41, 5.74) is 13.5. The molecule has 1 aliphatic heterocycles. The van der Waals surface area contributed by atoms with Gasteiger partial charge in [0.15, 0.2) is 28.8 Å². The second-order valence-electron chi connectivity index (χ2n) is 14.1. The molecule has 8 aromatic rings. The van der Waals surface area contributed by atoms with E-state index in [1.807, 2.05) is 66.9 Å². The van der Waals surface area contributed by atoms with Crippen molar-refractivity contribution in [2.45, 2.75) is 19.3 Å². The Bertz CT molecular complexity index is 2690. The summed E-state index contributed by atoms with van der Waals surface area (Å²) in [5.74, 6) is 3.60. The van der Waals surface area contributed by atoms with Gasteiger partial charge in [-0.1, -0.05) is 129 Å². The number of hydrogen-bond donors (Lipinski definition) is 0. The molecule has 0 N–H and O–H groups in total. The quantitative estimate of drug-likeness (QED) is 0.181. The Hall–Kier alpha value is -6.85. The minimum absolute atomic E-state index is 0.109. The Balaban J connectivity index is 0.978. The monoisotopic (exact) mass is 683 g/mol. The van der Waals surface area contributed by atoms with E-state index >= 15 is 0 Å². The molecule has 5 heteroatoms. The predicted octanol–water partition coefficient (Wildman–Crippen LogP) is 12.4. The SMILES string of the molecule is CC1(C)c2ccccc2-c2c1ccc1c2Oc2ccc(-c3ccc(-c4cc(-c5cccc(-c6ccccn6)c5)nc(-c5ccccc5)n4)cc3)cc2O1. The molecule has 0 saturated carbocycles. The van der Waals surface area contributed by atoms with Gasteiger partial charge in [0.1, 0.15) is 0 Å². The maximum atomic E-state index is 6.62. The molecule has 1 aliphatic carbocycles. The molecule has 0 bridgehead atoms. The largest absolute Gasteiger partial charge is 0.449 e. The zero-order chi connectivity index (χ0) is 35.5. The molecular weight excluding hydrogens is 651 g/mol. The molecule has 0 unspecified atom stereocenters. The first-order valence-corrected chi connectivity index (χ1v) is 17.8. The molecule has 6 aromatic carbocycles. The number of nitrogens with zero attached hydrogens (tertiary/aromatic N) is 3. The predicted molar refractivity (Wildman–Crippen MR) is 211 cm³/mol. The molecule has 10 rings (SSSR count). The summed E-state index contributed by atoms with van der Waals surface area (Å²) in [4.78, 5) is 14.6. The van der Waals surface area contributed by atoms with Gasteiger partial charge in [-0.2, -0.15) is 0 Å². The normalized spacial score (nSPS) is 13.2. The van der Waals surface area contributed by atoms with Crippen molar-refractivity contribution >= 4 is 0 Å². The summed E-state index contributed by atoms with van der Waals surface area (Å²) >= 11 is 0. The maximum absolute atomic E-state index is 6.62. The van der Waals surface area contributed by atoms with Crippen LogP contribution in [0.3, 0.4) is 0 Å². The van der Waals surface area contributed by atoms with E-state index in [-0.39, 0.29) is 5.41 Å². The van der Waals surface area contributed by atoms with Crippen molar-refractivity contribution in [2.24, 2.45) is 0 Å². The van der Waals surface area contributed by atoms with Crippen LogP contribution in [0.5, 0.6) is 23.0 Å². The molecule has 2 aliphatic rings. The first kappa shape index (κ1) is 30.9. The zero-order valence-corrected chi connectivity index (χ0v) is 29.2. The highest BCUT2D eigenvalue weighted by molar-refractivity contribution is 5.88. The van der Waals surface area contributed by atoms with Gasteiger partial charge in [0.05, 0.1) is 17.1 Å². The van der Waals surface area contributed by atoms with Crippen molar-refractivity contribution in [3.8, 4) is 90.4 Å². The highest BCUT2D eigenvalue weighted by Crippen LogP contribution is 2.58. The number of fused-ring (bicyclic) bond motifs is 6. The molecule has 2 aromatic heterocycles. The fourth-order valence-corrected chi connectivity index (χ4v) is 7.67. The van der Waals surface area contributed by atoms with E-state index in [1.54, 1.807) is 0 Å². The summed E-state index contributed by atoms with van der Waals surface area (Å²) in [6.07, 6.45) is 1.82. The van der Waals surface area contributed by atoms with E-state index in [0.717, 1.165) is 67.5 Å². The smallest absolute Gasteiger partial charge is 0.178 e. The van der Waals surface area contributed by atoms with Crippen molar-refractivity contribution in [1.29, 1.82) is 0 Å². The lowest BCUT2D eigenvalue weighted by molar-refractivity contribution is 0.360. The van der Waals surface area contributed by atoms with Crippen LogP contribution >= 0.6 is 0 Å². The summed E-state index contributed by atoms with van der Waals surface area (Å²) in [5, 5.41) is 0. The Kier molecular flexibility index (Phi) is 7.08. The molecule has 0 fully saturated rings. The third-order valence-corrected chi connectivity index (χ3v) is 10.4. The van der Waals surface area contributed by atoms with Crippen LogP contribution in [-0.4, -0.2) is 15.0 Å². The Morgan fingerprint density at radius 3 is 1.92 bits per heavy atom. The first-order chi connectivity index (χ1) is 26.0. The fourth-order valence-electron chi connectivity index (χ4n) is 7.67.